The van der Waals surface area contributed by atoms with Crippen LogP contribution in [0.1, 0.15) is 50.2 Å². The van der Waals surface area contributed by atoms with E-state index in [0.29, 0.717) is 0 Å². The number of alkyl halides is 6. The van der Waals surface area contributed by atoms with Crippen LogP contribution in [0.2, 0.25) is 0 Å². The first-order valence-electron chi connectivity index (χ1n) is 9.54. The molecule has 4 rings (SSSR count). The molecule has 0 amide bonds. The normalized spacial score (nSPS) is 29.8. The van der Waals surface area contributed by atoms with Crippen molar-refractivity contribution < 1.29 is 31.1 Å². The average molecular weight is 430 g/mol. The molecule has 3 saturated carbocycles. The number of fused-ring (bicyclic) bond motifs is 3. The molecule has 9 heteroatoms. The predicted octanol–water partition coefficient (Wildman–Crippen LogP) is 6.54. The minimum absolute atomic E-state index is 0.0467. The molecule has 0 aliphatic heterocycles. The molecule has 3 nitrogen and oxygen atoms in total. The molecule has 1 atom stereocenters. The van der Waals surface area contributed by atoms with Crippen molar-refractivity contribution in [1.29, 1.82) is 5.26 Å². The van der Waals surface area contributed by atoms with Crippen molar-refractivity contribution in [2.75, 3.05) is 6.61 Å². The Balaban J connectivity index is 1.84. The second-order valence-corrected chi connectivity index (χ2v) is 8.48. The number of benzene rings is 1. The highest BCUT2D eigenvalue weighted by molar-refractivity contribution is 5.68. The zero-order valence-electron chi connectivity index (χ0n) is 16.3. The van der Waals surface area contributed by atoms with E-state index in [1.54, 1.807) is 6.07 Å². The fraction of sp³-hybridized carbons (Fsp3) is 0.619. The molecule has 0 saturated heterocycles. The summed E-state index contributed by atoms with van der Waals surface area (Å²) in [5.74, 6) is -3.60. The highest BCUT2D eigenvalue weighted by atomic mass is 19.4. The summed E-state index contributed by atoms with van der Waals surface area (Å²) in [7, 11) is 0. The minimum Gasteiger partial charge on any atom is -0.493 e. The van der Waals surface area contributed by atoms with Gasteiger partial charge in [-0.25, -0.2) is 18.0 Å². The Morgan fingerprint density at radius 3 is 2.40 bits per heavy atom. The predicted molar refractivity (Wildman–Crippen MR) is 96.1 cm³/mol. The lowest BCUT2D eigenvalue weighted by atomic mass is 9.52. The SMILES string of the molecule is [C-]#[N+]c1c(CCC(F)(F)F)ccc(OCC23CCC(C)(CC2)C(F)(F)C3F)c1C#N. The van der Waals surface area contributed by atoms with Crippen molar-refractivity contribution in [3.05, 3.63) is 34.7 Å². The first-order valence-corrected chi connectivity index (χ1v) is 9.54. The number of rotatable bonds is 5. The number of nitriles is 1. The highest BCUT2D eigenvalue weighted by Crippen LogP contribution is 2.64. The third-order valence-corrected chi connectivity index (χ3v) is 6.65. The van der Waals surface area contributed by atoms with E-state index in [4.69, 9.17) is 11.3 Å². The van der Waals surface area contributed by atoms with Gasteiger partial charge in [-0.2, -0.15) is 18.4 Å². The summed E-state index contributed by atoms with van der Waals surface area (Å²) in [6.07, 6.45) is -7.72. The Labute approximate surface area is 170 Å². The Kier molecular flexibility index (Phi) is 5.47. The zero-order valence-corrected chi connectivity index (χ0v) is 16.3. The number of hydrogen-bond acceptors (Lipinski definition) is 2. The summed E-state index contributed by atoms with van der Waals surface area (Å²) in [6.45, 7) is 8.25. The Hall–Kier alpha value is -2.42. The number of halogens is 6. The van der Waals surface area contributed by atoms with Crippen LogP contribution in [0.3, 0.4) is 0 Å². The van der Waals surface area contributed by atoms with Crippen molar-refractivity contribution in [3.8, 4) is 11.8 Å². The van der Waals surface area contributed by atoms with Gasteiger partial charge in [-0.1, -0.05) is 13.0 Å². The maximum absolute atomic E-state index is 14.8. The summed E-state index contributed by atoms with van der Waals surface area (Å²) >= 11 is 0. The first kappa shape index (κ1) is 22.3. The van der Waals surface area contributed by atoms with Gasteiger partial charge in [0.25, 0.3) is 5.92 Å². The molecule has 0 aromatic heterocycles. The zero-order chi connectivity index (χ0) is 22.4. The van der Waals surface area contributed by atoms with Gasteiger partial charge in [-0.15, -0.1) is 0 Å². The van der Waals surface area contributed by atoms with E-state index in [2.05, 4.69) is 4.85 Å². The van der Waals surface area contributed by atoms with Crippen LogP contribution in [0.25, 0.3) is 4.85 Å². The number of aryl methyl sites for hydroxylation is 1. The van der Waals surface area contributed by atoms with E-state index in [-0.39, 0.29) is 48.2 Å². The van der Waals surface area contributed by atoms with E-state index >= 15 is 0 Å². The van der Waals surface area contributed by atoms with E-state index < -0.39 is 48.5 Å². The smallest absolute Gasteiger partial charge is 0.389 e. The molecule has 0 heterocycles. The highest BCUT2D eigenvalue weighted by Gasteiger charge is 2.70. The summed E-state index contributed by atoms with van der Waals surface area (Å²) in [4.78, 5) is 3.18. The van der Waals surface area contributed by atoms with E-state index in [0.717, 1.165) is 0 Å². The molecule has 3 aliphatic rings. The van der Waals surface area contributed by atoms with E-state index in [1.165, 1.54) is 19.1 Å². The molecule has 0 radical (unpaired) electrons. The molecule has 1 aromatic carbocycles. The Morgan fingerprint density at radius 2 is 1.87 bits per heavy atom. The number of hydrogen-bond donors (Lipinski definition) is 0. The molecule has 162 valence electrons. The lowest BCUT2D eigenvalue weighted by Gasteiger charge is -2.57. The van der Waals surface area contributed by atoms with E-state index in [1.807, 2.05) is 0 Å². The topological polar surface area (TPSA) is 37.4 Å². The second-order valence-electron chi connectivity index (χ2n) is 8.48. The van der Waals surface area contributed by atoms with Crippen molar-refractivity contribution in [2.45, 2.75) is 63.7 Å². The van der Waals surface area contributed by atoms with Crippen molar-refractivity contribution in [2.24, 2.45) is 10.8 Å². The van der Waals surface area contributed by atoms with E-state index in [9.17, 15) is 31.6 Å². The molecular weight excluding hydrogens is 410 g/mol. The van der Waals surface area contributed by atoms with Gasteiger partial charge in [0.05, 0.1) is 19.2 Å². The lowest BCUT2D eigenvalue weighted by molar-refractivity contribution is -0.267. The largest absolute Gasteiger partial charge is 0.493 e. The number of ether oxygens (including phenoxy) is 1. The van der Waals surface area contributed by atoms with Crippen LogP contribution in [-0.2, 0) is 6.42 Å². The van der Waals surface area contributed by atoms with Crippen LogP contribution in [0.5, 0.6) is 5.75 Å². The molecule has 0 N–H and O–H groups in total. The Bertz CT molecular complexity index is 904. The molecule has 30 heavy (non-hydrogen) atoms. The van der Waals surface area contributed by atoms with Crippen LogP contribution in [0, 0.1) is 28.7 Å². The maximum Gasteiger partial charge on any atom is 0.389 e. The van der Waals surface area contributed by atoms with Crippen molar-refractivity contribution in [3.63, 3.8) is 0 Å². The van der Waals surface area contributed by atoms with Gasteiger partial charge in [0.1, 0.15) is 11.3 Å². The molecule has 2 bridgehead atoms. The van der Waals surface area contributed by atoms with Crippen molar-refractivity contribution in [1.82, 2.24) is 0 Å². The molecular formula is C21H20F6N2O. The van der Waals surface area contributed by atoms with Gasteiger partial charge < -0.3 is 4.74 Å². The third-order valence-electron chi connectivity index (χ3n) is 6.65. The molecule has 1 unspecified atom stereocenters. The summed E-state index contributed by atoms with van der Waals surface area (Å²) in [5.41, 5.74) is -3.27. The Morgan fingerprint density at radius 1 is 1.23 bits per heavy atom. The van der Waals surface area contributed by atoms with Gasteiger partial charge in [0.2, 0.25) is 5.69 Å². The summed E-state index contributed by atoms with van der Waals surface area (Å²) in [6, 6.07) is 4.26. The lowest BCUT2D eigenvalue weighted by Crippen LogP contribution is -2.64. The first-order chi connectivity index (χ1) is 13.9. The molecule has 0 spiro atoms. The van der Waals surface area contributed by atoms with Crippen LogP contribution in [0.4, 0.5) is 32.0 Å². The summed E-state index contributed by atoms with van der Waals surface area (Å²) < 4.78 is 87.0. The molecule has 3 aliphatic carbocycles. The van der Waals surface area contributed by atoms with Gasteiger partial charge in [0, 0.05) is 17.3 Å². The fourth-order valence-electron chi connectivity index (χ4n) is 4.47. The van der Waals surface area contributed by atoms with Crippen LogP contribution in [-0.4, -0.2) is 24.9 Å². The van der Waals surface area contributed by atoms with Gasteiger partial charge in [-0.3, -0.25) is 0 Å². The fourth-order valence-corrected chi connectivity index (χ4v) is 4.47. The third kappa shape index (κ3) is 3.59. The van der Waals surface area contributed by atoms with Crippen LogP contribution >= 0.6 is 0 Å². The monoisotopic (exact) mass is 430 g/mol. The average Bonchev–Trinajstić information content (AvgIpc) is 2.69. The minimum atomic E-state index is -4.42. The number of nitrogens with zero attached hydrogens (tertiary/aromatic N) is 2. The standard InChI is InChI=1S/C21H20F6N2O/c1-18-7-9-19(10-8-18,17(22)21(18,26)27)12-30-15-4-3-13(5-6-20(23,24)25)16(29-2)14(15)11-28/h3-4,17H,5-10,12H2,1H3. The van der Waals surface area contributed by atoms with Gasteiger partial charge in [-0.05, 0) is 43.7 Å². The molecule has 3 fully saturated rings. The van der Waals surface area contributed by atoms with Crippen LogP contribution < -0.4 is 4.74 Å². The van der Waals surface area contributed by atoms with Gasteiger partial charge >= 0.3 is 6.18 Å². The quantitative estimate of drug-likeness (QED) is 0.393. The second kappa shape index (κ2) is 7.37. The van der Waals surface area contributed by atoms with Gasteiger partial charge in [0.15, 0.2) is 6.17 Å². The van der Waals surface area contributed by atoms with Crippen LogP contribution in [0.15, 0.2) is 12.1 Å². The molecule has 1 aromatic rings. The van der Waals surface area contributed by atoms with Crippen molar-refractivity contribution >= 4 is 5.69 Å². The summed E-state index contributed by atoms with van der Waals surface area (Å²) in [5, 5.41) is 9.43. The maximum atomic E-state index is 14.8.